The zero-order valence-electron chi connectivity index (χ0n) is 13.1. The van der Waals surface area contributed by atoms with Crippen LogP contribution < -0.4 is 5.73 Å². The molecule has 0 saturated carbocycles. The standard InChI is InChI=1S/C16H19FN4O3/c17-23-14(22)10-21-7-5-16(6-8-21)9-13(20-24-16)11-1-3-12(4-2-11)15(18)19/h1-4H,5-10H2,(H3,18,19). The van der Waals surface area contributed by atoms with Gasteiger partial charge in [-0.2, -0.15) is 0 Å². The van der Waals surface area contributed by atoms with Crippen LogP contribution in [0, 0.1) is 5.41 Å². The number of benzene rings is 1. The number of amidine groups is 1. The van der Waals surface area contributed by atoms with E-state index in [-0.39, 0.29) is 18.0 Å². The number of nitrogen functional groups attached to an aromatic ring is 1. The van der Waals surface area contributed by atoms with Crippen LogP contribution in [0.25, 0.3) is 0 Å². The van der Waals surface area contributed by atoms with E-state index in [1.165, 1.54) is 0 Å². The van der Waals surface area contributed by atoms with Crippen molar-refractivity contribution in [2.75, 3.05) is 19.6 Å². The average molecular weight is 334 g/mol. The minimum absolute atomic E-state index is 0.0295. The van der Waals surface area contributed by atoms with Crippen molar-refractivity contribution in [2.24, 2.45) is 10.9 Å². The largest absolute Gasteiger partial charge is 0.388 e. The van der Waals surface area contributed by atoms with Crippen molar-refractivity contribution in [1.29, 1.82) is 5.41 Å². The molecule has 1 fully saturated rings. The maximum Gasteiger partial charge on any atom is 0.362 e. The topological polar surface area (TPSA) is 101 Å². The number of hydrogen-bond acceptors (Lipinski definition) is 6. The molecule has 7 nitrogen and oxygen atoms in total. The van der Waals surface area contributed by atoms with Crippen molar-refractivity contribution in [2.45, 2.75) is 24.9 Å². The Balaban J connectivity index is 1.59. The molecule has 1 spiro atoms. The second-order valence-electron chi connectivity index (χ2n) is 6.21. The summed E-state index contributed by atoms with van der Waals surface area (Å²) < 4.78 is 11.8. The van der Waals surface area contributed by atoms with Crippen molar-refractivity contribution in [3.8, 4) is 0 Å². The number of nitrogens with two attached hydrogens (primary N) is 1. The van der Waals surface area contributed by atoms with Gasteiger partial charge in [0.25, 0.3) is 0 Å². The Morgan fingerprint density at radius 3 is 2.62 bits per heavy atom. The van der Waals surface area contributed by atoms with Crippen LogP contribution in [0.5, 0.6) is 0 Å². The van der Waals surface area contributed by atoms with Crippen molar-refractivity contribution in [3.05, 3.63) is 35.4 Å². The lowest BCUT2D eigenvalue weighted by molar-refractivity contribution is -0.185. The van der Waals surface area contributed by atoms with E-state index >= 15 is 0 Å². The predicted molar refractivity (Wildman–Crippen MR) is 85.3 cm³/mol. The first-order valence-corrected chi connectivity index (χ1v) is 7.75. The number of nitrogens with one attached hydrogen (secondary N) is 1. The Morgan fingerprint density at radius 1 is 1.38 bits per heavy atom. The van der Waals surface area contributed by atoms with Crippen molar-refractivity contribution in [1.82, 2.24) is 4.90 Å². The van der Waals surface area contributed by atoms with Gasteiger partial charge in [-0.15, -0.1) is 0 Å². The van der Waals surface area contributed by atoms with Crippen LogP contribution in [-0.4, -0.2) is 47.7 Å². The van der Waals surface area contributed by atoms with E-state index in [0.717, 1.165) is 11.3 Å². The van der Waals surface area contributed by atoms with Gasteiger partial charge in [-0.05, 0) is 5.56 Å². The minimum Gasteiger partial charge on any atom is -0.388 e. The summed E-state index contributed by atoms with van der Waals surface area (Å²) in [6.07, 6.45) is 2.12. The van der Waals surface area contributed by atoms with Crippen LogP contribution in [0.3, 0.4) is 0 Å². The van der Waals surface area contributed by atoms with Gasteiger partial charge >= 0.3 is 5.97 Å². The smallest absolute Gasteiger partial charge is 0.362 e. The molecule has 2 aliphatic rings. The molecule has 0 amide bonds. The molecule has 1 aromatic carbocycles. The van der Waals surface area contributed by atoms with Gasteiger partial charge in [-0.25, -0.2) is 4.79 Å². The summed E-state index contributed by atoms with van der Waals surface area (Å²) in [5, 5.41) is 11.6. The van der Waals surface area contributed by atoms with Crippen LogP contribution >= 0.6 is 0 Å². The summed E-state index contributed by atoms with van der Waals surface area (Å²) in [6, 6.07) is 7.33. The number of nitrogens with zero attached hydrogens (tertiary/aromatic N) is 2. The molecule has 24 heavy (non-hydrogen) atoms. The Labute approximate surface area is 138 Å². The Hall–Kier alpha value is -2.48. The number of carbonyl (C=O) groups is 1. The van der Waals surface area contributed by atoms with Gasteiger partial charge in [-0.1, -0.05) is 29.4 Å². The molecule has 128 valence electrons. The van der Waals surface area contributed by atoms with Crippen molar-refractivity contribution >= 4 is 17.5 Å². The third-order valence-corrected chi connectivity index (χ3v) is 4.57. The minimum atomic E-state index is -0.874. The van der Waals surface area contributed by atoms with Crippen LogP contribution in [-0.2, 0) is 14.6 Å². The van der Waals surface area contributed by atoms with Gasteiger partial charge in [0.2, 0.25) is 0 Å². The average Bonchev–Trinajstić information content (AvgIpc) is 3.01. The fourth-order valence-corrected chi connectivity index (χ4v) is 3.11. The van der Waals surface area contributed by atoms with Crippen molar-refractivity contribution < 1.29 is 19.1 Å². The van der Waals surface area contributed by atoms with E-state index in [9.17, 15) is 9.32 Å². The predicted octanol–water partition coefficient (Wildman–Crippen LogP) is 1.36. The first-order valence-electron chi connectivity index (χ1n) is 7.75. The fraction of sp³-hybridized carbons (Fsp3) is 0.438. The molecule has 0 unspecified atom stereocenters. The number of halogens is 1. The molecule has 8 heteroatoms. The molecular weight excluding hydrogens is 315 g/mol. The monoisotopic (exact) mass is 334 g/mol. The van der Waals surface area contributed by atoms with E-state index < -0.39 is 5.97 Å². The number of hydrogen-bond donors (Lipinski definition) is 2. The second kappa shape index (κ2) is 6.56. The molecule has 3 rings (SSSR count). The SMILES string of the molecule is N=C(N)c1ccc(C2=NOC3(CCN(CC(=O)OF)CC3)C2)cc1. The number of likely N-dealkylation sites (tertiary alicyclic amines) is 1. The molecule has 0 aliphatic carbocycles. The first kappa shape index (κ1) is 16.4. The third kappa shape index (κ3) is 3.38. The summed E-state index contributed by atoms with van der Waals surface area (Å²) in [6.45, 7) is 1.20. The van der Waals surface area contributed by atoms with E-state index in [4.69, 9.17) is 16.0 Å². The molecule has 0 bridgehead atoms. The van der Waals surface area contributed by atoms with Crippen molar-refractivity contribution in [3.63, 3.8) is 0 Å². The lowest BCUT2D eigenvalue weighted by Crippen LogP contribution is -2.46. The number of carbonyl (C=O) groups excluding carboxylic acids is 1. The highest BCUT2D eigenvalue weighted by Gasteiger charge is 2.42. The quantitative estimate of drug-likeness (QED) is 0.639. The highest BCUT2D eigenvalue weighted by atomic mass is 19.3. The van der Waals surface area contributed by atoms with Gasteiger partial charge in [-0.3, -0.25) is 15.3 Å². The highest BCUT2D eigenvalue weighted by Crippen LogP contribution is 2.36. The zero-order valence-corrected chi connectivity index (χ0v) is 13.1. The lowest BCUT2D eigenvalue weighted by Gasteiger charge is -2.36. The summed E-state index contributed by atoms with van der Waals surface area (Å²) in [7, 11) is 0. The van der Waals surface area contributed by atoms with E-state index in [0.29, 0.717) is 37.9 Å². The molecule has 2 heterocycles. The molecule has 0 atom stereocenters. The second-order valence-corrected chi connectivity index (χ2v) is 6.21. The Bertz CT molecular complexity index is 666. The van der Waals surface area contributed by atoms with E-state index in [1.807, 2.05) is 17.0 Å². The molecule has 1 saturated heterocycles. The number of oxime groups is 1. The summed E-state index contributed by atoms with van der Waals surface area (Å²) in [5.41, 5.74) is 7.57. The van der Waals surface area contributed by atoms with Gasteiger partial charge in [0.1, 0.15) is 18.0 Å². The number of piperidine rings is 1. The summed E-state index contributed by atoms with van der Waals surface area (Å²) in [4.78, 5) is 21.8. The normalized spacial score (nSPS) is 19.6. The van der Waals surface area contributed by atoms with Crippen LogP contribution in [0.15, 0.2) is 29.4 Å². The molecular formula is C16H19FN4O3. The van der Waals surface area contributed by atoms with Gasteiger partial charge in [0, 0.05) is 42.4 Å². The summed E-state index contributed by atoms with van der Waals surface area (Å²) in [5.74, 6) is -0.845. The number of rotatable bonds is 4. The molecule has 1 aromatic rings. The maximum atomic E-state index is 11.8. The van der Waals surface area contributed by atoms with E-state index in [2.05, 4.69) is 10.1 Å². The molecule has 0 radical (unpaired) electrons. The highest BCUT2D eigenvalue weighted by molar-refractivity contribution is 6.03. The van der Waals surface area contributed by atoms with Crippen LogP contribution in [0.4, 0.5) is 4.53 Å². The zero-order chi connectivity index (χ0) is 17.2. The van der Waals surface area contributed by atoms with Crippen LogP contribution in [0.1, 0.15) is 30.4 Å². The van der Waals surface area contributed by atoms with Gasteiger partial charge in [0.05, 0.1) is 5.71 Å². The first-order chi connectivity index (χ1) is 11.5. The van der Waals surface area contributed by atoms with Gasteiger partial charge < -0.3 is 10.6 Å². The summed E-state index contributed by atoms with van der Waals surface area (Å²) >= 11 is 0. The van der Waals surface area contributed by atoms with Gasteiger partial charge in [0.15, 0.2) is 0 Å². The van der Waals surface area contributed by atoms with Crippen LogP contribution in [0.2, 0.25) is 0 Å². The third-order valence-electron chi connectivity index (χ3n) is 4.57. The molecule has 2 aliphatic heterocycles. The lowest BCUT2D eigenvalue weighted by atomic mass is 9.85. The fourth-order valence-electron chi connectivity index (χ4n) is 3.11. The maximum absolute atomic E-state index is 11.8. The Kier molecular flexibility index (Phi) is 4.48. The molecule has 0 aromatic heterocycles. The molecule has 3 N–H and O–H groups in total. The Morgan fingerprint density at radius 2 is 2.04 bits per heavy atom. The van der Waals surface area contributed by atoms with E-state index in [1.54, 1.807) is 12.1 Å².